The first-order valence-electron chi connectivity index (χ1n) is 9.69. The van der Waals surface area contributed by atoms with Gasteiger partial charge in [0.2, 0.25) is 5.91 Å². The van der Waals surface area contributed by atoms with Crippen LogP contribution in [0, 0.1) is 0 Å². The van der Waals surface area contributed by atoms with Crippen LogP contribution >= 0.6 is 11.3 Å². The summed E-state index contributed by atoms with van der Waals surface area (Å²) in [6, 6.07) is 15.0. The molecule has 1 aliphatic heterocycles. The molecule has 0 saturated carbocycles. The van der Waals surface area contributed by atoms with Crippen LogP contribution in [0.4, 0.5) is 0 Å². The number of methoxy groups -OCH3 is 1. The molecule has 7 heteroatoms. The summed E-state index contributed by atoms with van der Waals surface area (Å²) in [6.45, 7) is 1.35. The van der Waals surface area contributed by atoms with E-state index in [1.54, 1.807) is 42.7 Å². The van der Waals surface area contributed by atoms with E-state index < -0.39 is 0 Å². The van der Waals surface area contributed by atoms with Gasteiger partial charge in [-0.15, -0.1) is 11.3 Å². The molecule has 1 saturated heterocycles. The molecule has 2 heterocycles. The summed E-state index contributed by atoms with van der Waals surface area (Å²) in [5, 5.41) is 3.81. The van der Waals surface area contributed by atoms with Crippen molar-refractivity contribution in [3.63, 3.8) is 0 Å². The Morgan fingerprint density at radius 2 is 2.10 bits per heavy atom. The summed E-state index contributed by atoms with van der Waals surface area (Å²) >= 11 is 1.71. The van der Waals surface area contributed by atoms with Gasteiger partial charge >= 0.3 is 0 Å². The van der Waals surface area contributed by atoms with Gasteiger partial charge in [0.25, 0.3) is 5.91 Å². The average molecular weight is 410 g/mol. The number of benzene rings is 2. The number of hydrogen-bond acceptors (Lipinski definition) is 5. The molecule has 3 aromatic rings. The smallest absolute Gasteiger partial charge is 0.251 e. The number of thiazole rings is 1. The Morgan fingerprint density at radius 1 is 1.24 bits per heavy atom. The molecular weight excluding hydrogens is 386 g/mol. The number of likely N-dealkylation sites (tertiary alicyclic amines) is 1. The number of amides is 2. The van der Waals surface area contributed by atoms with Crippen LogP contribution in [0.1, 0.15) is 34.1 Å². The van der Waals surface area contributed by atoms with Gasteiger partial charge in [0.15, 0.2) is 0 Å². The summed E-state index contributed by atoms with van der Waals surface area (Å²) in [6.07, 6.45) is 1.97. The SMILES string of the molecule is COc1cccc(C(=O)NCC(=O)N2CCC[C@@H](c3nc4ccccc4s3)C2)c1. The van der Waals surface area contributed by atoms with E-state index in [-0.39, 0.29) is 24.3 Å². The minimum Gasteiger partial charge on any atom is -0.497 e. The molecule has 29 heavy (non-hydrogen) atoms. The Balaban J connectivity index is 1.36. The van der Waals surface area contributed by atoms with Gasteiger partial charge in [-0.25, -0.2) is 4.98 Å². The first-order valence-corrected chi connectivity index (χ1v) is 10.5. The van der Waals surface area contributed by atoms with Crippen molar-refractivity contribution < 1.29 is 14.3 Å². The van der Waals surface area contributed by atoms with Gasteiger partial charge in [0, 0.05) is 24.6 Å². The summed E-state index contributed by atoms with van der Waals surface area (Å²) in [5.74, 6) is 0.516. The topological polar surface area (TPSA) is 71.5 Å². The zero-order valence-electron chi connectivity index (χ0n) is 16.3. The average Bonchev–Trinajstić information content (AvgIpc) is 3.22. The maximum atomic E-state index is 12.7. The highest BCUT2D eigenvalue weighted by Gasteiger charge is 2.27. The van der Waals surface area contributed by atoms with Crippen molar-refractivity contribution in [3.05, 3.63) is 59.1 Å². The van der Waals surface area contributed by atoms with Crippen molar-refractivity contribution in [3.8, 4) is 5.75 Å². The quantitative estimate of drug-likeness (QED) is 0.701. The molecule has 150 valence electrons. The van der Waals surface area contributed by atoms with Crippen LogP contribution in [0.15, 0.2) is 48.5 Å². The minimum atomic E-state index is -0.281. The maximum Gasteiger partial charge on any atom is 0.251 e. The normalized spacial score (nSPS) is 16.6. The van der Waals surface area contributed by atoms with Crippen molar-refractivity contribution in [2.24, 2.45) is 0 Å². The molecule has 0 radical (unpaired) electrons. The molecule has 0 aliphatic carbocycles. The van der Waals surface area contributed by atoms with Crippen molar-refractivity contribution in [2.75, 3.05) is 26.7 Å². The molecule has 0 bridgehead atoms. The number of carbonyl (C=O) groups is 2. The van der Waals surface area contributed by atoms with Crippen LogP contribution in [-0.4, -0.2) is 48.4 Å². The zero-order chi connectivity index (χ0) is 20.2. The molecule has 2 aromatic carbocycles. The number of ether oxygens (including phenoxy) is 1. The molecule has 1 N–H and O–H groups in total. The molecule has 0 unspecified atom stereocenters. The zero-order valence-corrected chi connectivity index (χ0v) is 17.1. The molecule has 1 aliphatic rings. The Morgan fingerprint density at radius 3 is 2.93 bits per heavy atom. The van der Waals surface area contributed by atoms with E-state index in [1.807, 2.05) is 23.1 Å². The number of nitrogens with one attached hydrogen (secondary N) is 1. The second-order valence-electron chi connectivity index (χ2n) is 7.11. The van der Waals surface area contributed by atoms with Gasteiger partial charge in [0.1, 0.15) is 5.75 Å². The van der Waals surface area contributed by atoms with Crippen molar-refractivity contribution >= 4 is 33.4 Å². The largest absolute Gasteiger partial charge is 0.497 e. The van der Waals surface area contributed by atoms with Crippen LogP contribution in [0.25, 0.3) is 10.2 Å². The number of hydrogen-bond donors (Lipinski definition) is 1. The van der Waals surface area contributed by atoms with E-state index in [0.29, 0.717) is 17.9 Å². The Labute approximate surface area is 173 Å². The summed E-state index contributed by atoms with van der Waals surface area (Å²) in [7, 11) is 1.55. The van der Waals surface area contributed by atoms with E-state index in [2.05, 4.69) is 11.4 Å². The lowest BCUT2D eigenvalue weighted by Gasteiger charge is -2.32. The standard InChI is InChI=1S/C22H23N3O3S/c1-28-17-8-4-6-15(12-17)21(27)23-13-20(26)25-11-5-7-16(14-25)22-24-18-9-2-3-10-19(18)29-22/h2-4,6,8-10,12,16H,5,7,11,13-14H2,1H3,(H,23,27)/t16-/m1/s1. The molecule has 6 nitrogen and oxygen atoms in total. The maximum absolute atomic E-state index is 12.7. The van der Waals surface area contributed by atoms with Crippen LogP contribution in [0.2, 0.25) is 0 Å². The van der Waals surface area contributed by atoms with Crippen molar-refractivity contribution in [1.29, 1.82) is 0 Å². The monoisotopic (exact) mass is 409 g/mol. The lowest BCUT2D eigenvalue weighted by Crippen LogP contribution is -2.44. The second-order valence-corrected chi connectivity index (χ2v) is 8.18. The summed E-state index contributed by atoms with van der Waals surface area (Å²) < 4.78 is 6.32. The number of carbonyl (C=O) groups excluding carboxylic acids is 2. The lowest BCUT2D eigenvalue weighted by atomic mass is 9.98. The van der Waals surface area contributed by atoms with Crippen LogP contribution < -0.4 is 10.1 Å². The fraction of sp³-hybridized carbons (Fsp3) is 0.318. The number of para-hydroxylation sites is 1. The number of aromatic nitrogens is 1. The minimum absolute atomic E-state index is 0.0113. The molecule has 1 atom stereocenters. The van der Waals surface area contributed by atoms with Gasteiger partial charge in [-0.2, -0.15) is 0 Å². The molecule has 1 fully saturated rings. The number of fused-ring (bicyclic) bond motifs is 1. The highest BCUT2D eigenvalue weighted by atomic mass is 32.1. The van der Waals surface area contributed by atoms with E-state index in [4.69, 9.17) is 9.72 Å². The predicted octanol–water partition coefficient (Wildman–Crippen LogP) is 3.44. The molecule has 0 spiro atoms. The fourth-order valence-electron chi connectivity index (χ4n) is 3.60. The van der Waals surface area contributed by atoms with E-state index in [0.717, 1.165) is 29.9 Å². The summed E-state index contributed by atoms with van der Waals surface area (Å²) in [5.41, 5.74) is 1.49. The van der Waals surface area contributed by atoms with Gasteiger partial charge < -0.3 is 15.0 Å². The second kappa shape index (κ2) is 8.61. The van der Waals surface area contributed by atoms with E-state index >= 15 is 0 Å². The van der Waals surface area contributed by atoms with Gasteiger partial charge in [-0.1, -0.05) is 18.2 Å². The lowest BCUT2D eigenvalue weighted by molar-refractivity contribution is -0.131. The highest BCUT2D eigenvalue weighted by Crippen LogP contribution is 2.32. The number of rotatable bonds is 5. The predicted molar refractivity (Wildman–Crippen MR) is 114 cm³/mol. The fourth-order valence-corrected chi connectivity index (χ4v) is 4.70. The number of nitrogens with zero attached hydrogens (tertiary/aromatic N) is 2. The Bertz CT molecular complexity index is 1000. The highest BCUT2D eigenvalue weighted by molar-refractivity contribution is 7.18. The van der Waals surface area contributed by atoms with Crippen LogP contribution in [0.3, 0.4) is 0 Å². The molecule has 4 rings (SSSR count). The third-order valence-electron chi connectivity index (χ3n) is 5.17. The van der Waals surface area contributed by atoms with Crippen molar-refractivity contribution in [2.45, 2.75) is 18.8 Å². The van der Waals surface area contributed by atoms with Crippen molar-refractivity contribution in [1.82, 2.24) is 15.2 Å². The third kappa shape index (κ3) is 4.40. The van der Waals surface area contributed by atoms with E-state index in [1.165, 1.54) is 4.70 Å². The summed E-state index contributed by atoms with van der Waals surface area (Å²) in [4.78, 5) is 31.6. The first-order chi connectivity index (χ1) is 14.1. The Hall–Kier alpha value is -2.93. The molecular formula is C22H23N3O3S. The van der Waals surface area contributed by atoms with Crippen LogP contribution in [0.5, 0.6) is 5.75 Å². The van der Waals surface area contributed by atoms with E-state index in [9.17, 15) is 9.59 Å². The molecule has 1 aromatic heterocycles. The Kier molecular flexibility index (Phi) is 5.76. The molecule has 2 amide bonds. The first kappa shape index (κ1) is 19.4. The van der Waals surface area contributed by atoms with Gasteiger partial charge in [-0.05, 0) is 43.2 Å². The van der Waals surface area contributed by atoms with Gasteiger partial charge in [0.05, 0.1) is 28.9 Å². The van der Waals surface area contributed by atoms with Crippen LogP contribution in [-0.2, 0) is 4.79 Å². The number of piperidine rings is 1. The third-order valence-corrected chi connectivity index (χ3v) is 6.36. The van der Waals surface area contributed by atoms with Gasteiger partial charge in [-0.3, -0.25) is 9.59 Å².